The summed E-state index contributed by atoms with van der Waals surface area (Å²) in [6.07, 6.45) is -5.42. The third-order valence-corrected chi connectivity index (χ3v) is 5.38. The van der Waals surface area contributed by atoms with E-state index in [-0.39, 0.29) is 9.90 Å². The van der Waals surface area contributed by atoms with Crippen molar-refractivity contribution in [3.63, 3.8) is 0 Å². The molecule has 1 saturated heterocycles. The second-order valence-electron chi connectivity index (χ2n) is 5.79. The largest absolute Gasteiger partial charge is 0.437 e. The Hall–Kier alpha value is -2.17. The van der Waals surface area contributed by atoms with Crippen molar-refractivity contribution in [1.82, 2.24) is 10.6 Å². The third-order valence-electron chi connectivity index (χ3n) is 4.16. The SMILES string of the molecule is O=C1N[C@@H](c2c(F)cccc2Cl)[C@@H](C(=O)c2cccs2)[C@](O)(C(F)(F)F)N1. The Morgan fingerprint density at radius 2 is 1.96 bits per heavy atom. The average molecular weight is 423 g/mol. The standard InChI is InChI=1S/C16H11ClF4N2O3S/c17-7-3-1-4-8(18)10(7)12-11(13(24)9-5-2-6-27-9)15(26,16(19,20)21)23-14(25)22-12/h1-6,11-12,26H,(H2,22,23,25)/t11-,12-,15-/m0/s1. The van der Waals surface area contributed by atoms with Gasteiger partial charge in [0.1, 0.15) is 11.7 Å². The highest BCUT2D eigenvalue weighted by Gasteiger charge is 2.66. The highest BCUT2D eigenvalue weighted by Crippen LogP contribution is 2.45. The van der Waals surface area contributed by atoms with Gasteiger partial charge in [-0.05, 0) is 23.6 Å². The van der Waals surface area contributed by atoms with Gasteiger partial charge in [-0.25, -0.2) is 9.18 Å². The summed E-state index contributed by atoms with van der Waals surface area (Å²) < 4.78 is 55.4. The van der Waals surface area contributed by atoms with Crippen molar-refractivity contribution in [2.24, 2.45) is 5.92 Å². The number of urea groups is 1. The smallest absolute Gasteiger partial charge is 0.363 e. The van der Waals surface area contributed by atoms with Gasteiger partial charge in [-0.3, -0.25) is 4.79 Å². The fraction of sp³-hybridized carbons (Fsp3) is 0.250. The number of nitrogens with one attached hydrogen (secondary N) is 2. The van der Waals surface area contributed by atoms with Gasteiger partial charge in [-0.2, -0.15) is 13.2 Å². The van der Waals surface area contributed by atoms with E-state index in [0.29, 0.717) is 0 Å². The molecule has 0 unspecified atom stereocenters. The number of carbonyl (C=O) groups is 2. The van der Waals surface area contributed by atoms with Gasteiger partial charge in [0, 0.05) is 10.6 Å². The van der Waals surface area contributed by atoms with Gasteiger partial charge in [0.15, 0.2) is 5.78 Å². The van der Waals surface area contributed by atoms with E-state index in [4.69, 9.17) is 11.6 Å². The van der Waals surface area contributed by atoms with Crippen molar-refractivity contribution in [3.05, 3.63) is 57.0 Å². The second kappa shape index (κ2) is 6.77. The third kappa shape index (κ3) is 3.28. The molecular formula is C16H11ClF4N2O3S. The van der Waals surface area contributed by atoms with Gasteiger partial charge in [-0.15, -0.1) is 11.3 Å². The first-order valence-corrected chi connectivity index (χ1v) is 8.71. The Morgan fingerprint density at radius 3 is 2.52 bits per heavy atom. The number of amides is 2. The Balaban J connectivity index is 2.23. The molecule has 0 radical (unpaired) electrons. The summed E-state index contributed by atoms with van der Waals surface area (Å²) >= 11 is 6.78. The topological polar surface area (TPSA) is 78.4 Å². The Bertz CT molecular complexity index is 870. The van der Waals surface area contributed by atoms with E-state index < -0.39 is 47.1 Å². The molecule has 2 heterocycles. The van der Waals surface area contributed by atoms with Crippen molar-refractivity contribution >= 4 is 34.8 Å². The van der Waals surface area contributed by atoms with Crippen LogP contribution in [0.5, 0.6) is 0 Å². The second-order valence-corrected chi connectivity index (χ2v) is 7.15. The molecular weight excluding hydrogens is 412 g/mol. The zero-order valence-electron chi connectivity index (χ0n) is 13.2. The van der Waals surface area contributed by atoms with Crippen LogP contribution in [0.2, 0.25) is 5.02 Å². The molecule has 2 amide bonds. The maximum absolute atomic E-state index is 14.4. The highest BCUT2D eigenvalue weighted by molar-refractivity contribution is 7.12. The number of aliphatic hydroxyl groups is 1. The van der Waals surface area contributed by atoms with Gasteiger partial charge < -0.3 is 15.7 Å². The van der Waals surface area contributed by atoms with Crippen LogP contribution < -0.4 is 10.6 Å². The van der Waals surface area contributed by atoms with Crippen molar-refractivity contribution in [2.45, 2.75) is 17.9 Å². The number of halogens is 5. The number of Topliss-reactive ketones (excluding diaryl/α,β-unsaturated/α-hetero) is 1. The fourth-order valence-electron chi connectivity index (χ4n) is 2.96. The minimum Gasteiger partial charge on any atom is -0.363 e. The lowest BCUT2D eigenvalue weighted by Crippen LogP contribution is -2.72. The Labute approximate surface area is 158 Å². The maximum atomic E-state index is 14.4. The molecule has 144 valence electrons. The van der Waals surface area contributed by atoms with Crippen LogP contribution in [0.1, 0.15) is 21.3 Å². The maximum Gasteiger partial charge on any atom is 0.437 e. The van der Waals surface area contributed by atoms with Crippen LogP contribution in [-0.2, 0) is 0 Å². The summed E-state index contributed by atoms with van der Waals surface area (Å²) in [4.78, 5) is 24.6. The Kier molecular flexibility index (Phi) is 4.91. The van der Waals surface area contributed by atoms with Crippen LogP contribution in [-0.4, -0.2) is 28.8 Å². The summed E-state index contributed by atoms with van der Waals surface area (Å²) in [6.45, 7) is 0. The van der Waals surface area contributed by atoms with Crippen molar-refractivity contribution in [3.8, 4) is 0 Å². The van der Waals surface area contributed by atoms with Crippen LogP contribution in [0.15, 0.2) is 35.7 Å². The molecule has 3 N–H and O–H groups in total. The minimum atomic E-state index is -5.42. The molecule has 0 spiro atoms. The number of carbonyl (C=O) groups excluding carboxylic acids is 2. The summed E-state index contributed by atoms with van der Waals surface area (Å²) in [5.74, 6) is -4.46. The Morgan fingerprint density at radius 1 is 1.26 bits per heavy atom. The monoisotopic (exact) mass is 422 g/mol. The average Bonchev–Trinajstić information content (AvgIpc) is 3.07. The van der Waals surface area contributed by atoms with Crippen LogP contribution in [0.3, 0.4) is 0 Å². The summed E-state index contributed by atoms with van der Waals surface area (Å²) in [7, 11) is 0. The molecule has 0 bridgehead atoms. The van der Waals surface area contributed by atoms with E-state index in [2.05, 4.69) is 5.32 Å². The first kappa shape index (κ1) is 19.6. The van der Waals surface area contributed by atoms with Crippen molar-refractivity contribution in [2.75, 3.05) is 0 Å². The summed E-state index contributed by atoms with van der Waals surface area (Å²) in [5.41, 5.74) is -4.45. The molecule has 27 heavy (non-hydrogen) atoms. The first-order chi connectivity index (χ1) is 12.6. The number of alkyl halides is 3. The van der Waals surface area contributed by atoms with Gasteiger partial charge >= 0.3 is 12.2 Å². The molecule has 2 aromatic rings. The number of ketones is 1. The number of thiophene rings is 1. The van der Waals surface area contributed by atoms with Gasteiger partial charge in [0.05, 0.1) is 10.9 Å². The summed E-state index contributed by atoms with van der Waals surface area (Å²) in [5, 5.41) is 15.0. The first-order valence-electron chi connectivity index (χ1n) is 7.45. The molecule has 0 aliphatic carbocycles. The summed E-state index contributed by atoms with van der Waals surface area (Å²) in [6, 6.07) is 2.77. The van der Waals surface area contributed by atoms with E-state index in [1.165, 1.54) is 35.0 Å². The quantitative estimate of drug-likeness (QED) is 0.522. The molecule has 3 atom stereocenters. The number of rotatable bonds is 3. The lowest BCUT2D eigenvalue weighted by Gasteiger charge is -2.45. The van der Waals surface area contributed by atoms with Crippen molar-refractivity contribution < 1.29 is 32.3 Å². The van der Waals surface area contributed by atoms with Crippen LogP contribution in [0, 0.1) is 11.7 Å². The van der Waals surface area contributed by atoms with Crippen molar-refractivity contribution in [1.29, 1.82) is 0 Å². The van der Waals surface area contributed by atoms with E-state index in [0.717, 1.165) is 17.4 Å². The molecule has 1 fully saturated rings. The molecule has 5 nitrogen and oxygen atoms in total. The fourth-order valence-corrected chi connectivity index (χ4v) is 3.94. The number of hydrogen-bond acceptors (Lipinski definition) is 4. The molecule has 11 heteroatoms. The van der Waals surface area contributed by atoms with Gasteiger partial charge in [0.2, 0.25) is 5.72 Å². The zero-order chi connectivity index (χ0) is 20.0. The number of hydrogen-bond donors (Lipinski definition) is 3. The molecule has 1 aromatic carbocycles. The van der Waals surface area contributed by atoms with Gasteiger partial charge in [0.25, 0.3) is 0 Å². The van der Waals surface area contributed by atoms with Crippen LogP contribution in [0.4, 0.5) is 22.4 Å². The minimum absolute atomic E-state index is 0.0990. The lowest BCUT2D eigenvalue weighted by atomic mass is 9.78. The number of benzene rings is 1. The van der Waals surface area contributed by atoms with E-state index in [9.17, 15) is 32.3 Å². The predicted molar refractivity (Wildman–Crippen MR) is 89.0 cm³/mol. The molecule has 0 saturated carbocycles. The van der Waals surface area contributed by atoms with E-state index >= 15 is 0 Å². The van der Waals surface area contributed by atoms with Crippen LogP contribution >= 0.6 is 22.9 Å². The molecule has 1 aromatic heterocycles. The highest BCUT2D eigenvalue weighted by atomic mass is 35.5. The predicted octanol–water partition coefficient (Wildman–Crippen LogP) is 3.64. The normalized spacial score (nSPS) is 25.6. The van der Waals surface area contributed by atoms with Crippen LogP contribution in [0.25, 0.3) is 0 Å². The van der Waals surface area contributed by atoms with E-state index in [1.54, 1.807) is 0 Å². The zero-order valence-corrected chi connectivity index (χ0v) is 14.8. The molecule has 1 aliphatic heterocycles. The lowest BCUT2D eigenvalue weighted by molar-refractivity contribution is -0.287. The van der Waals surface area contributed by atoms with E-state index in [1.807, 2.05) is 0 Å². The van der Waals surface area contributed by atoms with Gasteiger partial charge in [-0.1, -0.05) is 23.7 Å². The molecule has 1 aliphatic rings. The molecule has 3 rings (SSSR count).